The van der Waals surface area contributed by atoms with Crippen LogP contribution in [0, 0.1) is 0 Å². The number of benzene rings is 2. The van der Waals surface area contributed by atoms with E-state index in [1.54, 1.807) is 24.3 Å². The largest absolute Gasteiger partial charge is 0.478 e. The number of nitrogens with zero attached hydrogens (tertiary/aromatic N) is 1. The first-order valence-electron chi connectivity index (χ1n) is 8.41. The van der Waals surface area contributed by atoms with Gasteiger partial charge in [-0.25, -0.2) is 10.2 Å². The van der Waals surface area contributed by atoms with Crippen molar-refractivity contribution in [2.24, 2.45) is 5.10 Å². The highest BCUT2D eigenvalue weighted by molar-refractivity contribution is 5.88. The molecule has 1 amide bonds. The van der Waals surface area contributed by atoms with E-state index in [1.165, 1.54) is 18.3 Å². The maximum Gasteiger partial charge on any atom is 0.335 e. The number of rotatable bonds is 7. The molecule has 0 saturated heterocycles. The number of aromatic carboxylic acids is 1. The molecule has 1 heterocycles. The van der Waals surface area contributed by atoms with E-state index in [9.17, 15) is 9.59 Å². The van der Waals surface area contributed by atoms with Crippen molar-refractivity contribution >= 4 is 18.1 Å². The molecule has 0 fully saturated rings. The molecule has 0 bridgehead atoms. The van der Waals surface area contributed by atoms with E-state index in [4.69, 9.17) is 9.52 Å². The Balaban J connectivity index is 1.52. The van der Waals surface area contributed by atoms with Crippen LogP contribution in [0.4, 0.5) is 0 Å². The molecule has 0 aliphatic rings. The van der Waals surface area contributed by atoms with Crippen LogP contribution in [0.3, 0.4) is 0 Å². The summed E-state index contributed by atoms with van der Waals surface area (Å²) in [5.41, 5.74) is 4.54. The third-order valence-electron chi connectivity index (χ3n) is 3.91. The van der Waals surface area contributed by atoms with Gasteiger partial charge in [-0.3, -0.25) is 4.79 Å². The topological polar surface area (TPSA) is 91.9 Å². The second-order valence-corrected chi connectivity index (χ2v) is 5.86. The molecule has 0 aliphatic heterocycles. The Morgan fingerprint density at radius 3 is 2.44 bits per heavy atom. The van der Waals surface area contributed by atoms with Gasteiger partial charge in [-0.05, 0) is 36.2 Å². The minimum Gasteiger partial charge on any atom is -0.478 e. The third kappa shape index (κ3) is 5.15. The van der Waals surface area contributed by atoms with E-state index in [0.717, 1.165) is 11.1 Å². The normalized spacial score (nSPS) is 10.8. The molecular formula is C21H18N2O4. The van der Waals surface area contributed by atoms with Gasteiger partial charge >= 0.3 is 5.97 Å². The molecular weight excluding hydrogens is 344 g/mol. The van der Waals surface area contributed by atoms with Crippen LogP contribution < -0.4 is 5.43 Å². The van der Waals surface area contributed by atoms with Gasteiger partial charge in [0.15, 0.2) is 0 Å². The summed E-state index contributed by atoms with van der Waals surface area (Å²) in [4.78, 5) is 22.7. The highest BCUT2D eigenvalue weighted by Crippen LogP contribution is 2.22. The van der Waals surface area contributed by atoms with E-state index < -0.39 is 5.97 Å². The fraction of sp³-hybridized carbons (Fsp3) is 0.0952. The van der Waals surface area contributed by atoms with Crippen LogP contribution >= 0.6 is 0 Å². The van der Waals surface area contributed by atoms with Crippen LogP contribution in [0.5, 0.6) is 0 Å². The number of hydrogen-bond acceptors (Lipinski definition) is 4. The van der Waals surface area contributed by atoms with Crippen molar-refractivity contribution in [2.75, 3.05) is 0 Å². The number of furan rings is 1. The lowest BCUT2D eigenvalue weighted by Gasteiger charge is -2.00. The van der Waals surface area contributed by atoms with Gasteiger partial charge in [-0.2, -0.15) is 5.10 Å². The van der Waals surface area contributed by atoms with Crippen LogP contribution in [0.2, 0.25) is 0 Å². The molecule has 136 valence electrons. The Kier molecular flexibility index (Phi) is 5.79. The maximum atomic E-state index is 11.8. The Hall–Kier alpha value is -3.67. The van der Waals surface area contributed by atoms with Crippen molar-refractivity contribution in [3.05, 3.63) is 83.6 Å². The van der Waals surface area contributed by atoms with Crippen molar-refractivity contribution in [1.29, 1.82) is 0 Å². The highest BCUT2D eigenvalue weighted by Gasteiger charge is 2.06. The molecule has 6 nitrogen and oxygen atoms in total. The van der Waals surface area contributed by atoms with E-state index in [-0.39, 0.29) is 11.5 Å². The van der Waals surface area contributed by atoms with Crippen molar-refractivity contribution in [3.63, 3.8) is 0 Å². The number of carbonyl (C=O) groups is 2. The summed E-state index contributed by atoms with van der Waals surface area (Å²) >= 11 is 0. The summed E-state index contributed by atoms with van der Waals surface area (Å²) in [6.07, 6.45) is 2.43. The van der Waals surface area contributed by atoms with Gasteiger partial charge in [0.2, 0.25) is 5.91 Å². The van der Waals surface area contributed by atoms with E-state index >= 15 is 0 Å². The fourth-order valence-corrected chi connectivity index (χ4v) is 2.48. The first-order chi connectivity index (χ1) is 13.1. The summed E-state index contributed by atoms with van der Waals surface area (Å²) in [5.74, 6) is -0.0811. The van der Waals surface area contributed by atoms with Crippen LogP contribution in [0.25, 0.3) is 11.3 Å². The van der Waals surface area contributed by atoms with Crippen molar-refractivity contribution in [3.8, 4) is 11.3 Å². The quantitative estimate of drug-likeness (QED) is 0.495. The van der Waals surface area contributed by atoms with Gasteiger partial charge in [0.25, 0.3) is 0 Å². The number of carboxylic acid groups (broad SMARTS) is 1. The number of aryl methyl sites for hydroxylation is 1. The van der Waals surface area contributed by atoms with Gasteiger partial charge in [0.05, 0.1) is 11.8 Å². The SMILES string of the molecule is O=C(CCc1ccccc1)N/N=C/c1ccc(-c2ccc(C(=O)O)cc2)o1. The van der Waals surface area contributed by atoms with Gasteiger partial charge in [-0.15, -0.1) is 0 Å². The van der Waals surface area contributed by atoms with Gasteiger partial charge in [0, 0.05) is 12.0 Å². The molecule has 2 N–H and O–H groups in total. The molecule has 2 aromatic carbocycles. The lowest BCUT2D eigenvalue weighted by molar-refractivity contribution is -0.121. The lowest BCUT2D eigenvalue weighted by Crippen LogP contribution is -2.17. The van der Waals surface area contributed by atoms with Crippen LogP contribution in [0.1, 0.15) is 28.1 Å². The summed E-state index contributed by atoms with van der Waals surface area (Å²) in [5, 5.41) is 12.8. The molecule has 1 aromatic heterocycles. The molecule has 0 radical (unpaired) electrons. The molecule has 3 rings (SSSR count). The van der Waals surface area contributed by atoms with E-state index in [1.807, 2.05) is 30.3 Å². The molecule has 0 unspecified atom stereocenters. The second kappa shape index (κ2) is 8.62. The Bertz CT molecular complexity index is 944. The van der Waals surface area contributed by atoms with Gasteiger partial charge in [0.1, 0.15) is 11.5 Å². The summed E-state index contributed by atoms with van der Waals surface area (Å²) in [6, 6.07) is 19.6. The lowest BCUT2D eigenvalue weighted by atomic mass is 10.1. The molecule has 3 aromatic rings. The summed E-state index contributed by atoms with van der Waals surface area (Å²) in [6.45, 7) is 0. The number of hydrazone groups is 1. The van der Waals surface area contributed by atoms with Gasteiger partial charge < -0.3 is 9.52 Å². The molecule has 0 spiro atoms. The predicted molar refractivity (Wildman–Crippen MR) is 102 cm³/mol. The van der Waals surface area contributed by atoms with E-state index in [2.05, 4.69) is 10.5 Å². The molecule has 0 atom stereocenters. The maximum absolute atomic E-state index is 11.8. The number of hydrogen-bond donors (Lipinski definition) is 2. The highest BCUT2D eigenvalue weighted by atomic mass is 16.4. The number of carboxylic acids is 1. The fourth-order valence-electron chi connectivity index (χ4n) is 2.48. The van der Waals surface area contributed by atoms with E-state index in [0.29, 0.717) is 24.4 Å². The second-order valence-electron chi connectivity index (χ2n) is 5.86. The van der Waals surface area contributed by atoms with Crippen LogP contribution in [0.15, 0.2) is 76.2 Å². The van der Waals surface area contributed by atoms with Crippen molar-refractivity contribution in [2.45, 2.75) is 12.8 Å². The minimum atomic E-state index is -0.975. The number of amides is 1. The standard InChI is InChI=1S/C21H18N2O4/c24-20(13-6-15-4-2-1-3-5-15)23-22-14-18-11-12-19(27-18)16-7-9-17(10-8-16)21(25)26/h1-5,7-12,14H,6,13H2,(H,23,24)(H,25,26)/b22-14+. The number of nitrogens with one attached hydrogen (secondary N) is 1. The van der Waals surface area contributed by atoms with Crippen molar-refractivity contribution in [1.82, 2.24) is 5.43 Å². The summed E-state index contributed by atoms with van der Waals surface area (Å²) < 4.78 is 5.63. The van der Waals surface area contributed by atoms with Crippen LogP contribution in [-0.4, -0.2) is 23.2 Å². The van der Waals surface area contributed by atoms with Crippen molar-refractivity contribution < 1.29 is 19.1 Å². The average Bonchev–Trinajstić information content (AvgIpc) is 3.16. The van der Waals surface area contributed by atoms with Crippen LogP contribution in [-0.2, 0) is 11.2 Å². The number of carbonyl (C=O) groups excluding carboxylic acids is 1. The third-order valence-corrected chi connectivity index (χ3v) is 3.91. The molecule has 27 heavy (non-hydrogen) atoms. The molecule has 0 aliphatic carbocycles. The zero-order chi connectivity index (χ0) is 19.1. The Labute approximate surface area is 156 Å². The zero-order valence-electron chi connectivity index (χ0n) is 14.5. The Morgan fingerprint density at radius 2 is 1.74 bits per heavy atom. The minimum absolute atomic E-state index is 0.175. The monoisotopic (exact) mass is 362 g/mol. The molecule has 6 heteroatoms. The first kappa shape index (κ1) is 18.1. The summed E-state index contributed by atoms with van der Waals surface area (Å²) in [7, 11) is 0. The first-order valence-corrected chi connectivity index (χ1v) is 8.41. The Morgan fingerprint density at radius 1 is 1.00 bits per heavy atom. The average molecular weight is 362 g/mol. The zero-order valence-corrected chi connectivity index (χ0v) is 14.5. The van der Waals surface area contributed by atoms with Gasteiger partial charge in [-0.1, -0.05) is 42.5 Å². The predicted octanol–water partition coefficient (Wildman–Crippen LogP) is 3.73. The smallest absolute Gasteiger partial charge is 0.335 e. The molecule has 0 saturated carbocycles.